The van der Waals surface area contributed by atoms with Crippen LogP contribution in [0, 0.1) is 6.92 Å². The number of benzene rings is 2. The maximum Gasteiger partial charge on any atom is 0.296 e. The van der Waals surface area contributed by atoms with Crippen molar-refractivity contribution in [2.45, 2.75) is 6.92 Å². The molecule has 0 saturated carbocycles. The van der Waals surface area contributed by atoms with E-state index in [0.29, 0.717) is 11.3 Å². The van der Waals surface area contributed by atoms with Crippen LogP contribution in [0.15, 0.2) is 42.5 Å². The Hall–Kier alpha value is -2.42. The molecule has 0 bridgehead atoms. The maximum atomic E-state index is 11.6. The number of hydrogen-bond donors (Lipinski definition) is 1. The van der Waals surface area contributed by atoms with Gasteiger partial charge in [-0.2, -0.15) is 0 Å². The largest absolute Gasteiger partial charge is 0.318 e. The summed E-state index contributed by atoms with van der Waals surface area (Å²) >= 11 is 0. The predicted molar refractivity (Wildman–Crippen MR) is 69.6 cm³/mol. The van der Waals surface area contributed by atoms with E-state index < -0.39 is 11.7 Å². The van der Waals surface area contributed by atoms with Crippen LogP contribution in [-0.2, 0) is 4.79 Å². The lowest BCUT2D eigenvalue weighted by molar-refractivity contribution is -0.112. The summed E-state index contributed by atoms with van der Waals surface area (Å²) in [6.45, 7) is 2.02. The van der Waals surface area contributed by atoms with Gasteiger partial charge in [0.25, 0.3) is 11.7 Å². The fourth-order valence-electron chi connectivity index (χ4n) is 2.14. The first-order valence-corrected chi connectivity index (χ1v) is 5.72. The van der Waals surface area contributed by atoms with Crippen molar-refractivity contribution in [1.29, 1.82) is 0 Å². The Kier molecular flexibility index (Phi) is 2.27. The Morgan fingerprint density at radius 3 is 2.28 bits per heavy atom. The fourth-order valence-corrected chi connectivity index (χ4v) is 2.14. The number of rotatable bonds is 1. The van der Waals surface area contributed by atoms with Crippen molar-refractivity contribution in [2.24, 2.45) is 0 Å². The smallest absolute Gasteiger partial charge is 0.296 e. The summed E-state index contributed by atoms with van der Waals surface area (Å²) < 4.78 is 0. The zero-order valence-corrected chi connectivity index (χ0v) is 9.86. The molecule has 0 spiro atoms. The van der Waals surface area contributed by atoms with E-state index in [-0.39, 0.29) is 0 Å². The Bertz CT molecular complexity index is 657. The molecule has 0 aromatic heterocycles. The summed E-state index contributed by atoms with van der Waals surface area (Å²) in [5.41, 5.74) is 4.13. The minimum absolute atomic E-state index is 0.457. The van der Waals surface area contributed by atoms with Gasteiger partial charge >= 0.3 is 0 Å². The molecule has 2 aromatic carbocycles. The van der Waals surface area contributed by atoms with Gasteiger partial charge in [-0.05, 0) is 18.6 Å². The Morgan fingerprint density at radius 2 is 1.56 bits per heavy atom. The molecule has 18 heavy (non-hydrogen) atoms. The highest BCUT2D eigenvalue weighted by atomic mass is 16.2. The van der Waals surface area contributed by atoms with Crippen LogP contribution in [-0.4, -0.2) is 11.7 Å². The monoisotopic (exact) mass is 237 g/mol. The molecule has 1 aliphatic rings. The van der Waals surface area contributed by atoms with E-state index in [2.05, 4.69) is 5.32 Å². The van der Waals surface area contributed by atoms with Crippen LogP contribution in [0.5, 0.6) is 0 Å². The van der Waals surface area contributed by atoms with Crippen LogP contribution in [0.3, 0.4) is 0 Å². The average molecular weight is 237 g/mol. The van der Waals surface area contributed by atoms with E-state index in [1.54, 1.807) is 12.1 Å². The minimum atomic E-state index is -0.551. The van der Waals surface area contributed by atoms with Crippen molar-refractivity contribution in [1.82, 2.24) is 0 Å². The molecule has 3 heteroatoms. The number of hydrogen-bond acceptors (Lipinski definition) is 2. The number of nitrogens with one attached hydrogen (secondary N) is 1. The molecule has 0 saturated heterocycles. The highest BCUT2D eigenvalue weighted by molar-refractivity contribution is 6.52. The molecule has 0 atom stereocenters. The quantitative estimate of drug-likeness (QED) is 0.775. The van der Waals surface area contributed by atoms with Gasteiger partial charge in [-0.15, -0.1) is 0 Å². The van der Waals surface area contributed by atoms with Gasteiger partial charge in [0.2, 0.25) is 0 Å². The number of carbonyl (C=O) groups is 2. The lowest BCUT2D eigenvalue weighted by Crippen LogP contribution is -2.12. The van der Waals surface area contributed by atoms with Gasteiger partial charge in [0.1, 0.15) is 0 Å². The SMILES string of the molecule is Cc1ccc(-c2cccc3c2NC(=O)C3=O)cc1. The molecule has 0 unspecified atom stereocenters. The molecule has 0 aliphatic carbocycles. The second-order valence-corrected chi connectivity index (χ2v) is 4.38. The summed E-state index contributed by atoms with van der Waals surface area (Å²) in [7, 11) is 0. The molecule has 0 radical (unpaired) electrons. The zero-order valence-electron chi connectivity index (χ0n) is 9.86. The van der Waals surface area contributed by atoms with Crippen molar-refractivity contribution in [3.05, 3.63) is 53.6 Å². The fraction of sp³-hybridized carbons (Fsp3) is 0.0667. The van der Waals surface area contributed by atoms with Gasteiger partial charge in [-0.3, -0.25) is 9.59 Å². The summed E-state index contributed by atoms with van der Waals surface area (Å²) in [5, 5.41) is 2.64. The van der Waals surface area contributed by atoms with Gasteiger partial charge in [0, 0.05) is 5.56 Å². The van der Waals surface area contributed by atoms with Crippen LogP contribution >= 0.6 is 0 Å². The molecule has 88 valence electrons. The van der Waals surface area contributed by atoms with Gasteiger partial charge in [-0.25, -0.2) is 0 Å². The van der Waals surface area contributed by atoms with Crippen molar-refractivity contribution in [3.63, 3.8) is 0 Å². The molecular formula is C15H11NO2. The third-order valence-electron chi connectivity index (χ3n) is 3.12. The minimum Gasteiger partial charge on any atom is -0.318 e. The van der Waals surface area contributed by atoms with Crippen LogP contribution in [0.2, 0.25) is 0 Å². The number of anilines is 1. The Morgan fingerprint density at radius 1 is 0.889 bits per heavy atom. The topological polar surface area (TPSA) is 46.2 Å². The molecule has 1 heterocycles. The Balaban J connectivity index is 2.18. The van der Waals surface area contributed by atoms with Crippen molar-refractivity contribution >= 4 is 17.4 Å². The van der Waals surface area contributed by atoms with E-state index >= 15 is 0 Å². The second-order valence-electron chi connectivity index (χ2n) is 4.38. The van der Waals surface area contributed by atoms with Crippen LogP contribution < -0.4 is 5.32 Å². The molecule has 3 rings (SSSR count). The first kappa shape index (κ1) is 10.7. The third kappa shape index (κ3) is 1.52. The average Bonchev–Trinajstić information content (AvgIpc) is 2.67. The van der Waals surface area contributed by atoms with Crippen LogP contribution in [0.4, 0.5) is 5.69 Å². The molecule has 1 amide bonds. The number of ketones is 1. The van der Waals surface area contributed by atoms with Crippen LogP contribution in [0.25, 0.3) is 11.1 Å². The number of amides is 1. The summed E-state index contributed by atoms with van der Waals surface area (Å²) in [6.07, 6.45) is 0. The summed E-state index contributed by atoms with van der Waals surface area (Å²) in [5.74, 6) is -1.01. The zero-order chi connectivity index (χ0) is 12.7. The maximum absolute atomic E-state index is 11.6. The first-order chi connectivity index (χ1) is 8.66. The van der Waals surface area contributed by atoms with E-state index in [0.717, 1.165) is 11.1 Å². The first-order valence-electron chi connectivity index (χ1n) is 5.72. The number of aryl methyl sites for hydroxylation is 1. The predicted octanol–water partition coefficient (Wildman–Crippen LogP) is 2.80. The third-order valence-corrected chi connectivity index (χ3v) is 3.12. The highest BCUT2D eigenvalue weighted by Gasteiger charge is 2.29. The lowest BCUT2D eigenvalue weighted by atomic mass is 9.99. The summed E-state index contributed by atoms with van der Waals surface area (Å²) in [4.78, 5) is 23.0. The number of para-hydroxylation sites is 1. The molecule has 3 nitrogen and oxygen atoms in total. The molecule has 2 aromatic rings. The number of fused-ring (bicyclic) bond motifs is 1. The van der Waals surface area contributed by atoms with E-state index in [9.17, 15) is 9.59 Å². The van der Waals surface area contributed by atoms with Gasteiger partial charge in [-0.1, -0.05) is 42.0 Å². The normalized spacial score (nSPS) is 13.4. The standard InChI is InChI=1S/C15H11NO2/c1-9-5-7-10(8-6-9)11-3-2-4-12-13(11)16-15(18)14(12)17/h2-8H,1H3,(H,16,17,18). The number of carbonyl (C=O) groups excluding carboxylic acids is 2. The van der Waals surface area contributed by atoms with Crippen molar-refractivity contribution in [3.8, 4) is 11.1 Å². The molecule has 1 aliphatic heterocycles. The van der Waals surface area contributed by atoms with Crippen molar-refractivity contribution in [2.75, 3.05) is 5.32 Å². The molecule has 0 fully saturated rings. The van der Waals surface area contributed by atoms with Crippen molar-refractivity contribution < 1.29 is 9.59 Å². The molecular weight excluding hydrogens is 226 g/mol. The Labute approximate surface area is 104 Å². The van der Waals surface area contributed by atoms with Crippen LogP contribution in [0.1, 0.15) is 15.9 Å². The highest BCUT2D eigenvalue weighted by Crippen LogP contribution is 2.34. The van der Waals surface area contributed by atoms with Gasteiger partial charge < -0.3 is 5.32 Å². The van der Waals surface area contributed by atoms with Gasteiger partial charge in [0.05, 0.1) is 11.3 Å². The van der Waals surface area contributed by atoms with E-state index in [4.69, 9.17) is 0 Å². The lowest BCUT2D eigenvalue weighted by Gasteiger charge is -2.07. The van der Waals surface area contributed by atoms with E-state index in [1.165, 1.54) is 5.56 Å². The van der Waals surface area contributed by atoms with Gasteiger partial charge in [0.15, 0.2) is 0 Å². The second kappa shape index (κ2) is 3.81. The number of Topliss-reactive ketones (excluding diaryl/α,β-unsaturated/α-hetero) is 1. The van der Waals surface area contributed by atoms with E-state index in [1.807, 2.05) is 37.3 Å². The summed E-state index contributed by atoms with van der Waals surface area (Å²) in [6, 6.07) is 13.4. The molecule has 1 N–H and O–H groups in total.